The topological polar surface area (TPSA) is 40.5 Å². The summed E-state index contributed by atoms with van der Waals surface area (Å²) in [5.41, 5.74) is 0. The van der Waals surface area contributed by atoms with Crippen molar-refractivity contribution < 1.29 is 10.2 Å². The van der Waals surface area contributed by atoms with Gasteiger partial charge in [-0.1, -0.05) is 38.5 Å². The highest BCUT2D eigenvalue weighted by molar-refractivity contribution is 7.37. The number of rotatable bonds is 14. The van der Waals surface area contributed by atoms with Crippen molar-refractivity contribution in [2.45, 2.75) is 64.2 Å². The molecule has 0 fully saturated rings. The lowest BCUT2D eigenvalue weighted by Gasteiger charge is -2.02. The summed E-state index contributed by atoms with van der Waals surface area (Å²) in [6.45, 7) is 0.718. The molecule has 0 amide bonds. The fourth-order valence-corrected chi connectivity index (χ4v) is 3.16. The Morgan fingerprint density at radius 2 is 0.824 bits per heavy atom. The van der Waals surface area contributed by atoms with E-state index >= 15 is 0 Å². The van der Waals surface area contributed by atoms with Crippen molar-refractivity contribution in [3.63, 3.8) is 0 Å². The maximum absolute atomic E-state index is 8.63. The largest absolute Gasteiger partial charge is 0.396 e. The van der Waals surface area contributed by atoms with Crippen LogP contribution in [0.1, 0.15) is 64.2 Å². The molecule has 104 valence electrons. The first-order valence-electron chi connectivity index (χ1n) is 7.34. The van der Waals surface area contributed by atoms with Gasteiger partial charge >= 0.3 is 0 Å². The quantitative estimate of drug-likeness (QED) is 0.371. The van der Waals surface area contributed by atoms with Crippen LogP contribution < -0.4 is 0 Å². The first-order valence-corrected chi connectivity index (χ1v) is 8.75. The predicted molar refractivity (Wildman–Crippen MR) is 78.4 cm³/mol. The second-order valence-corrected chi connectivity index (χ2v) is 6.23. The SMILES string of the molecule is OCCCCCCCPCCCCCCCO. The summed E-state index contributed by atoms with van der Waals surface area (Å²) < 4.78 is 0. The van der Waals surface area contributed by atoms with E-state index in [2.05, 4.69) is 0 Å². The minimum absolute atomic E-state index is 0.359. The van der Waals surface area contributed by atoms with Crippen LogP contribution in [0.4, 0.5) is 0 Å². The van der Waals surface area contributed by atoms with Crippen LogP contribution in [-0.2, 0) is 0 Å². The molecule has 0 atom stereocenters. The van der Waals surface area contributed by atoms with Crippen molar-refractivity contribution in [1.82, 2.24) is 0 Å². The van der Waals surface area contributed by atoms with Crippen LogP contribution in [0.25, 0.3) is 0 Å². The molecule has 0 unspecified atom stereocenters. The molecule has 0 aliphatic rings. The van der Waals surface area contributed by atoms with Crippen molar-refractivity contribution in [2.24, 2.45) is 0 Å². The monoisotopic (exact) mass is 262 g/mol. The van der Waals surface area contributed by atoms with E-state index in [-0.39, 0.29) is 0 Å². The number of hydrogen-bond acceptors (Lipinski definition) is 2. The van der Waals surface area contributed by atoms with E-state index in [1.54, 1.807) is 0 Å². The molecule has 0 rings (SSSR count). The molecule has 0 aromatic rings. The molecule has 0 saturated carbocycles. The molecule has 0 aromatic carbocycles. The Kier molecular flexibility index (Phi) is 16.7. The highest BCUT2D eigenvalue weighted by atomic mass is 31.1. The molecule has 0 bridgehead atoms. The lowest BCUT2D eigenvalue weighted by Crippen LogP contribution is -1.87. The Bertz CT molecular complexity index is 117. The van der Waals surface area contributed by atoms with Crippen LogP contribution in [0.3, 0.4) is 0 Å². The van der Waals surface area contributed by atoms with E-state index in [0.29, 0.717) is 13.2 Å². The maximum Gasteiger partial charge on any atom is 0.0431 e. The highest BCUT2D eigenvalue weighted by Gasteiger charge is 1.93. The van der Waals surface area contributed by atoms with Gasteiger partial charge in [-0.3, -0.25) is 0 Å². The third-order valence-electron chi connectivity index (χ3n) is 3.02. The predicted octanol–water partition coefficient (Wildman–Crippen LogP) is 3.55. The summed E-state index contributed by atoms with van der Waals surface area (Å²) in [7, 11) is 1.16. The van der Waals surface area contributed by atoms with Crippen molar-refractivity contribution in [1.29, 1.82) is 0 Å². The Hall–Kier alpha value is 0.350. The van der Waals surface area contributed by atoms with E-state index in [0.717, 1.165) is 21.4 Å². The van der Waals surface area contributed by atoms with Gasteiger partial charge in [-0.25, -0.2) is 0 Å². The molecular weight excluding hydrogens is 231 g/mol. The summed E-state index contributed by atoms with van der Waals surface area (Å²) in [5, 5.41) is 17.3. The van der Waals surface area contributed by atoms with Gasteiger partial charge in [0.05, 0.1) is 0 Å². The first kappa shape index (κ1) is 17.4. The third-order valence-corrected chi connectivity index (χ3v) is 4.44. The zero-order valence-electron chi connectivity index (χ0n) is 11.3. The van der Waals surface area contributed by atoms with Crippen LogP contribution in [0.15, 0.2) is 0 Å². The molecule has 17 heavy (non-hydrogen) atoms. The minimum atomic E-state index is 0.359. The number of hydrogen-bond donors (Lipinski definition) is 2. The Balaban J connectivity index is 2.85. The maximum atomic E-state index is 8.63. The van der Waals surface area contributed by atoms with Crippen LogP contribution in [-0.4, -0.2) is 35.8 Å². The number of aliphatic hydroxyl groups is 2. The van der Waals surface area contributed by atoms with Gasteiger partial charge in [0, 0.05) is 13.2 Å². The fourth-order valence-electron chi connectivity index (χ4n) is 1.91. The molecule has 0 heterocycles. The summed E-state index contributed by atoms with van der Waals surface area (Å²) >= 11 is 0. The zero-order chi connectivity index (χ0) is 12.6. The lowest BCUT2D eigenvalue weighted by molar-refractivity contribution is 0.282. The normalized spacial score (nSPS) is 10.9. The molecule has 3 heteroatoms. The summed E-state index contributed by atoms with van der Waals surface area (Å²) in [6.07, 6.45) is 15.3. The smallest absolute Gasteiger partial charge is 0.0431 e. The van der Waals surface area contributed by atoms with Gasteiger partial charge in [-0.05, 0) is 38.0 Å². The third kappa shape index (κ3) is 16.4. The van der Waals surface area contributed by atoms with Crippen molar-refractivity contribution in [3.8, 4) is 0 Å². The number of aliphatic hydroxyl groups excluding tert-OH is 2. The Labute approximate surface area is 109 Å². The summed E-state index contributed by atoms with van der Waals surface area (Å²) in [6, 6.07) is 0. The molecule has 0 spiro atoms. The molecule has 0 radical (unpaired) electrons. The standard InChI is InChI=1S/C14H31O2P/c15-11-7-3-1-5-9-13-17-14-10-6-2-4-8-12-16/h15-17H,1-14H2. The average Bonchev–Trinajstić information content (AvgIpc) is 2.35. The van der Waals surface area contributed by atoms with Gasteiger partial charge in [-0.15, -0.1) is 8.58 Å². The summed E-state index contributed by atoms with van der Waals surface area (Å²) in [5.74, 6) is 0. The zero-order valence-corrected chi connectivity index (χ0v) is 12.3. The van der Waals surface area contributed by atoms with E-state index in [9.17, 15) is 0 Å². The van der Waals surface area contributed by atoms with Gasteiger partial charge in [0.2, 0.25) is 0 Å². The highest BCUT2D eigenvalue weighted by Crippen LogP contribution is 2.17. The van der Waals surface area contributed by atoms with Crippen molar-refractivity contribution >= 4 is 8.58 Å². The van der Waals surface area contributed by atoms with Gasteiger partial charge in [0.25, 0.3) is 0 Å². The molecule has 2 N–H and O–H groups in total. The van der Waals surface area contributed by atoms with E-state index in [1.165, 1.54) is 63.7 Å². The molecule has 0 aliphatic carbocycles. The Morgan fingerprint density at radius 1 is 0.471 bits per heavy atom. The number of unbranched alkanes of at least 4 members (excludes halogenated alkanes) is 8. The van der Waals surface area contributed by atoms with Crippen LogP contribution >= 0.6 is 8.58 Å². The van der Waals surface area contributed by atoms with Crippen LogP contribution in [0, 0.1) is 0 Å². The lowest BCUT2D eigenvalue weighted by atomic mass is 10.2. The Morgan fingerprint density at radius 3 is 1.24 bits per heavy atom. The molecule has 0 aromatic heterocycles. The average molecular weight is 262 g/mol. The van der Waals surface area contributed by atoms with Gasteiger partial charge in [0.1, 0.15) is 0 Å². The second-order valence-electron chi connectivity index (χ2n) is 4.73. The van der Waals surface area contributed by atoms with E-state index in [1.807, 2.05) is 0 Å². The van der Waals surface area contributed by atoms with Gasteiger partial charge in [0.15, 0.2) is 0 Å². The molecule has 0 aliphatic heterocycles. The van der Waals surface area contributed by atoms with E-state index in [4.69, 9.17) is 10.2 Å². The minimum Gasteiger partial charge on any atom is -0.396 e. The van der Waals surface area contributed by atoms with Crippen LogP contribution in [0.5, 0.6) is 0 Å². The van der Waals surface area contributed by atoms with Crippen molar-refractivity contribution in [2.75, 3.05) is 25.5 Å². The fraction of sp³-hybridized carbons (Fsp3) is 1.00. The van der Waals surface area contributed by atoms with Crippen molar-refractivity contribution in [3.05, 3.63) is 0 Å². The molecule has 2 nitrogen and oxygen atoms in total. The van der Waals surface area contributed by atoms with E-state index < -0.39 is 0 Å². The van der Waals surface area contributed by atoms with Gasteiger partial charge < -0.3 is 10.2 Å². The second kappa shape index (κ2) is 16.4. The van der Waals surface area contributed by atoms with Gasteiger partial charge in [-0.2, -0.15) is 0 Å². The first-order chi connectivity index (χ1) is 8.41. The molecule has 0 saturated heterocycles. The molecular formula is C14H31O2P. The van der Waals surface area contributed by atoms with Crippen LogP contribution in [0.2, 0.25) is 0 Å². The summed E-state index contributed by atoms with van der Waals surface area (Å²) in [4.78, 5) is 0.